The van der Waals surface area contributed by atoms with Crippen molar-refractivity contribution in [3.63, 3.8) is 0 Å². The number of aromatic hydroxyl groups is 1. The molecular weight excluding hydrogens is 1210 g/mol. The summed E-state index contributed by atoms with van der Waals surface area (Å²) in [4.78, 5) is 116. The summed E-state index contributed by atoms with van der Waals surface area (Å²) in [6.07, 6.45) is 17.2. The molecule has 0 aliphatic rings. The number of ether oxygens (including phenoxy) is 4. The molecule has 0 heterocycles. The number of nitrogens with two attached hydrogens (primary N) is 2. The van der Waals surface area contributed by atoms with E-state index in [0.29, 0.717) is 90.2 Å². The van der Waals surface area contributed by atoms with Gasteiger partial charge in [-0.25, -0.2) is 0 Å². The third-order valence-electron chi connectivity index (χ3n) is 15.5. The molecule has 0 fully saturated rings. The summed E-state index contributed by atoms with van der Waals surface area (Å²) in [5.74, 6) is -4.89. The number of ketones is 5. The number of nitrogens with one attached hydrogen (secondary N) is 4. The monoisotopic (exact) mass is 1320 g/mol. The van der Waals surface area contributed by atoms with Gasteiger partial charge in [-0.1, -0.05) is 103 Å². The van der Waals surface area contributed by atoms with E-state index in [4.69, 9.17) is 40.4 Å². The minimum absolute atomic E-state index is 0.0117. The van der Waals surface area contributed by atoms with Gasteiger partial charge < -0.3 is 56.6 Å². The van der Waals surface area contributed by atoms with E-state index in [1.807, 2.05) is 13.8 Å². The molecule has 25 nitrogen and oxygen atoms in total. The molecule has 0 saturated carbocycles. The smallest absolute Gasteiger partial charge is 0.306 e. The van der Waals surface area contributed by atoms with Gasteiger partial charge in [0.1, 0.15) is 30.5 Å². The Balaban J connectivity index is 2.27. The zero-order valence-corrected chi connectivity index (χ0v) is 56.2. The van der Waals surface area contributed by atoms with Gasteiger partial charge in [-0.3, -0.25) is 58.0 Å². The van der Waals surface area contributed by atoms with Crippen LogP contribution in [0.4, 0.5) is 0 Å². The van der Waals surface area contributed by atoms with Gasteiger partial charge in [-0.15, -0.1) is 0 Å². The first-order valence-corrected chi connectivity index (χ1v) is 34.9. The van der Waals surface area contributed by atoms with Crippen LogP contribution in [0, 0.1) is 23.2 Å². The van der Waals surface area contributed by atoms with Crippen LogP contribution < -0.4 is 27.4 Å². The molecule has 0 unspecified atom stereocenters. The second-order valence-corrected chi connectivity index (χ2v) is 26.1. The number of Topliss-reactive ketones (excluding diaryl/α,β-unsaturated/α-hetero) is 5. The lowest BCUT2D eigenvalue weighted by Crippen LogP contribution is -2.48. The molecule has 0 aromatic heterocycles. The number of likely N-dealkylation sites (N-methyl/N-ethyl adjacent to an activating group) is 1. The Morgan fingerprint density at radius 2 is 1.12 bits per heavy atom. The van der Waals surface area contributed by atoms with Gasteiger partial charge >= 0.3 is 5.97 Å². The first-order chi connectivity index (χ1) is 43.9. The van der Waals surface area contributed by atoms with Crippen LogP contribution >= 0.6 is 0 Å². The number of carbonyl (C=O) groups is 9. The normalized spacial score (nSPS) is 12.9. The molecule has 92 heavy (non-hydrogen) atoms. The molecule has 0 aliphatic carbocycles. The third kappa shape index (κ3) is 48.2. The molecule has 3 amide bonds. The molecule has 0 radical (unpaired) electrons. The molecule has 0 saturated heterocycles. The third-order valence-corrected chi connectivity index (χ3v) is 16.3. The number of aliphatic carboxylic acids is 1. The highest BCUT2D eigenvalue weighted by Gasteiger charge is 2.31. The van der Waals surface area contributed by atoms with Crippen molar-refractivity contribution in [2.24, 2.45) is 29.2 Å². The van der Waals surface area contributed by atoms with Gasteiger partial charge in [0, 0.05) is 70.6 Å². The molecule has 4 atom stereocenters. The van der Waals surface area contributed by atoms with Crippen molar-refractivity contribution in [3.05, 3.63) is 29.8 Å². The Hall–Kier alpha value is -5.61. The number of amidine groups is 1. The van der Waals surface area contributed by atoms with Crippen molar-refractivity contribution in [2.75, 3.05) is 91.8 Å². The molecule has 526 valence electrons. The van der Waals surface area contributed by atoms with Crippen molar-refractivity contribution in [3.8, 4) is 5.75 Å². The Bertz CT molecular complexity index is 2410. The highest BCUT2D eigenvalue weighted by molar-refractivity contribution is 7.85. The number of hydrogen-bond acceptors (Lipinski definition) is 19. The number of hydrogen-bond donors (Lipinski definition) is 9. The number of phenols is 1. The first-order valence-electron chi connectivity index (χ1n) is 33.3. The number of amides is 3. The SMILES string of the molecule is CC(C)CC(=O)CN[C@@H](CCCCNC(=O)COCCOCCCC(=O)COCCOCCNC(=O)CC[C@H](CC(=O)CCCCCCCCCCCCCCCS(=O)(=O)O)C(=O)O)C(=O)CN(C)[C@@H](CCCCC(=N)N)C(=O)C[C@@H](Cc1ccc(O)cc1)C(N)=O. The molecule has 1 rings (SSSR count). The topological polar surface area (TPSA) is 401 Å². The molecule has 1 aromatic rings. The predicted octanol–water partition coefficient (Wildman–Crippen LogP) is 6.54. The van der Waals surface area contributed by atoms with Gasteiger partial charge in [-0.2, -0.15) is 8.42 Å². The van der Waals surface area contributed by atoms with E-state index in [1.54, 1.807) is 24.1 Å². The van der Waals surface area contributed by atoms with Crippen LogP contribution in [0.2, 0.25) is 0 Å². The van der Waals surface area contributed by atoms with Gasteiger partial charge in [0.2, 0.25) is 17.7 Å². The average Bonchev–Trinajstić information content (AvgIpc) is 1.02. The lowest BCUT2D eigenvalue weighted by molar-refractivity contribution is -0.144. The van der Waals surface area contributed by atoms with E-state index in [-0.39, 0.29) is 168 Å². The molecule has 11 N–H and O–H groups in total. The fraction of sp³-hybridized carbons (Fsp3) is 0.758. The van der Waals surface area contributed by atoms with Gasteiger partial charge in [-0.05, 0) is 94.9 Å². The van der Waals surface area contributed by atoms with Crippen molar-refractivity contribution in [2.45, 2.75) is 212 Å². The first kappa shape index (κ1) is 84.4. The summed E-state index contributed by atoms with van der Waals surface area (Å²) in [6.45, 7) is 5.16. The van der Waals surface area contributed by atoms with Crippen molar-refractivity contribution >= 4 is 68.6 Å². The van der Waals surface area contributed by atoms with E-state index in [1.165, 1.54) is 12.1 Å². The molecule has 26 heteroatoms. The number of phenolic OH excluding ortho intramolecular Hbond substituents is 1. The highest BCUT2D eigenvalue weighted by Crippen LogP contribution is 2.22. The summed E-state index contributed by atoms with van der Waals surface area (Å²) in [5, 5.41) is 35.6. The molecule has 0 bridgehead atoms. The van der Waals surface area contributed by atoms with Crippen LogP contribution in [-0.4, -0.2) is 190 Å². The zero-order valence-electron chi connectivity index (χ0n) is 55.4. The number of rotatable bonds is 64. The maximum Gasteiger partial charge on any atom is 0.306 e. The van der Waals surface area contributed by atoms with Crippen LogP contribution in [0.15, 0.2) is 24.3 Å². The van der Waals surface area contributed by atoms with Gasteiger partial charge in [0.25, 0.3) is 10.1 Å². The van der Waals surface area contributed by atoms with E-state index < -0.39 is 45.9 Å². The number of carboxylic acid groups (broad SMARTS) is 1. The fourth-order valence-electron chi connectivity index (χ4n) is 10.3. The van der Waals surface area contributed by atoms with Crippen LogP contribution in [-0.2, 0) is 78.6 Å². The number of benzene rings is 1. The Morgan fingerprint density at radius 1 is 0.565 bits per heavy atom. The van der Waals surface area contributed by atoms with Crippen molar-refractivity contribution < 1.29 is 85.3 Å². The standard InChI is InChI=1S/C66H113N7O18S/c1-50(2)42-57(77)46-72-58(61(79)47-73(3)59(25-16-17-26-62(67)68)60(78)45-53(65(69)82)43-51-27-30-54(74)31-28-51)24-18-19-33-70-64(81)49-91-40-37-88-35-21-23-56(76)48-90-39-38-89-36-34-71-63(80)32-29-52(66(83)84)44-55(75)22-15-13-11-9-7-5-4-6-8-10-12-14-20-41-92(85,86)87/h27-28,30-31,50,52-53,58-59,72,74H,4-26,29,32-49H2,1-3H3,(H3,67,68)(H2,69,82)(H,70,81)(H,71,80)(H,83,84)(H,85,86,87)/t52-,53-,58+,59+/m1/s1. The summed E-state index contributed by atoms with van der Waals surface area (Å²) in [5.41, 5.74) is 12.0. The summed E-state index contributed by atoms with van der Waals surface area (Å²) in [7, 11) is -2.19. The summed E-state index contributed by atoms with van der Waals surface area (Å²) >= 11 is 0. The second-order valence-electron chi connectivity index (χ2n) is 24.5. The highest BCUT2D eigenvalue weighted by atomic mass is 32.2. The predicted molar refractivity (Wildman–Crippen MR) is 351 cm³/mol. The zero-order chi connectivity index (χ0) is 68.4. The van der Waals surface area contributed by atoms with Gasteiger partial charge in [0.15, 0.2) is 17.3 Å². The lowest BCUT2D eigenvalue weighted by atomic mass is 9.89. The molecule has 0 aliphatic heterocycles. The molecular formula is C66H113N7O18S. The molecule has 1 aromatic carbocycles. The second kappa shape index (κ2) is 52.7. The number of unbranched alkanes of at least 4 members (excludes halogenated alkanes) is 14. The van der Waals surface area contributed by atoms with E-state index in [2.05, 4.69) is 16.0 Å². The average molecular weight is 1320 g/mol. The quantitative estimate of drug-likeness (QED) is 0.0145. The Morgan fingerprint density at radius 3 is 1.72 bits per heavy atom. The van der Waals surface area contributed by atoms with Crippen LogP contribution in [0.5, 0.6) is 5.75 Å². The minimum Gasteiger partial charge on any atom is -0.508 e. The summed E-state index contributed by atoms with van der Waals surface area (Å²) in [6, 6.07) is 4.82. The number of nitrogens with zero attached hydrogens (tertiary/aromatic N) is 1. The fourth-order valence-corrected chi connectivity index (χ4v) is 10.9. The number of carboxylic acids is 1. The van der Waals surface area contributed by atoms with E-state index >= 15 is 0 Å². The van der Waals surface area contributed by atoms with E-state index in [0.717, 1.165) is 76.2 Å². The van der Waals surface area contributed by atoms with Gasteiger partial charge in [0.05, 0.1) is 75.7 Å². The Labute approximate surface area is 546 Å². The largest absolute Gasteiger partial charge is 0.508 e. The summed E-state index contributed by atoms with van der Waals surface area (Å²) < 4.78 is 52.1. The van der Waals surface area contributed by atoms with Crippen LogP contribution in [0.3, 0.4) is 0 Å². The Kier molecular flexibility index (Phi) is 48.4. The van der Waals surface area contributed by atoms with Crippen LogP contribution in [0.1, 0.15) is 199 Å². The van der Waals surface area contributed by atoms with Crippen molar-refractivity contribution in [1.82, 2.24) is 20.9 Å². The lowest BCUT2D eigenvalue weighted by Gasteiger charge is -2.29. The number of carbonyl (C=O) groups excluding carboxylic acids is 8. The minimum atomic E-state index is -3.86. The van der Waals surface area contributed by atoms with Crippen LogP contribution in [0.25, 0.3) is 0 Å². The maximum atomic E-state index is 14.0. The maximum absolute atomic E-state index is 14.0. The number of primary amides is 1. The molecule has 0 spiro atoms. The van der Waals surface area contributed by atoms with Crippen molar-refractivity contribution in [1.29, 1.82) is 5.41 Å². The van der Waals surface area contributed by atoms with E-state index in [9.17, 15) is 61.8 Å².